The van der Waals surface area contributed by atoms with Crippen LogP contribution in [0.25, 0.3) is 5.82 Å². The number of nitrogen functional groups attached to an aromatic ring is 1. The average molecular weight is 372 g/mol. The number of nitrogens with one attached hydrogen (secondary N) is 1. The Bertz CT molecular complexity index is 1020. The second-order valence-electron chi connectivity index (χ2n) is 5.43. The monoisotopic (exact) mass is 372 g/mol. The van der Waals surface area contributed by atoms with Crippen molar-refractivity contribution in [2.45, 2.75) is 13.8 Å². The van der Waals surface area contributed by atoms with Gasteiger partial charge in [-0.3, -0.25) is 4.79 Å². The number of aromatic nitrogens is 5. The Labute approximate surface area is 152 Å². The molecular formula is C15H16N8O4. The van der Waals surface area contributed by atoms with E-state index in [1.54, 1.807) is 26.0 Å². The summed E-state index contributed by atoms with van der Waals surface area (Å²) >= 11 is 0. The third-order valence-electron chi connectivity index (χ3n) is 3.73. The van der Waals surface area contributed by atoms with Gasteiger partial charge in [0.2, 0.25) is 11.6 Å². The van der Waals surface area contributed by atoms with E-state index in [1.807, 2.05) is 0 Å². The molecule has 0 radical (unpaired) electrons. The Morgan fingerprint density at radius 3 is 2.85 bits per heavy atom. The van der Waals surface area contributed by atoms with Gasteiger partial charge in [0.1, 0.15) is 0 Å². The molecule has 12 heteroatoms. The van der Waals surface area contributed by atoms with Gasteiger partial charge in [0.05, 0.1) is 18.5 Å². The van der Waals surface area contributed by atoms with Gasteiger partial charge in [-0.1, -0.05) is 5.21 Å². The lowest BCUT2D eigenvalue weighted by atomic mass is 10.1. The van der Waals surface area contributed by atoms with Crippen LogP contribution in [0.5, 0.6) is 11.5 Å². The van der Waals surface area contributed by atoms with E-state index in [4.69, 9.17) is 10.5 Å². The molecule has 27 heavy (non-hydrogen) atoms. The molecule has 0 atom stereocenters. The average Bonchev–Trinajstić information content (AvgIpc) is 3.25. The van der Waals surface area contributed by atoms with E-state index in [2.05, 4.69) is 35.8 Å². The highest BCUT2D eigenvalue weighted by Crippen LogP contribution is 2.26. The van der Waals surface area contributed by atoms with Crippen molar-refractivity contribution in [1.29, 1.82) is 0 Å². The number of nitrogens with two attached hydrogens (primary N) is 1. The van der Waals surface area contributed by atoms with Crippen molar-refractivity contribution in [2.75, 3.05) is 12.8 Å². The summed E-state index contributed by atoms with van der Waals surface area (Å²) in [5, 5.41) is 28.4. The van der Waals surface area contributed by atoms with Crippen molar-refractivity contribution < 1.29 is 19.3 Å². The van der Waals surface area contributed by atoms with Gasteiger partial charge in [0, 0.05) is 5.56 Å². The van der Waals surface area contributed by atoms with E-state index in [-0.39, 0.29) is 23.1 Å². The van der Waals surface area contributed by atoms with Gasteiger partial charge < -0.3 is 15.6 Å². The summed E-state index contributed by atoms with van der Waals surface area (Å²) in [7, 11) is 1.44. The Hall–Kier alpha value is -3.96. The van der Waals surface area contributed by atoms with Crippen LogP contribution in [0.2, 0.25) is 0 Å². The highest BCUT2D eigenvalue weighted by atomic mass is 16.6. The number of hydrogen-bond acceptors (Lipinski definition) is 10. The number of aromatic hydroxyl groups is 1. The number of carbonyl (C=O) groups is 1. The van der Waals surface area contributed by atoms with Crippen LogP contribution in [0.1, 0.15) is 28.7 Å². The molecule has 4 N–H and O–H groups in total. The molecule has 0 spiro atoms. The molecule has 0 saturated carbocycles. The zero-order chi connectivity index (χ0) is 19.6. The van der Waals surface area contributed by atoms with Crippen molar-refractivity contribution in [3.05, 3.63) is 35.2 Å². The molecule has 0 bridgehead atoms. The van der Waals surface area contributed by atoms with Crippen molar-refractivity contribution in [2.24, 2.45) is 5.10 Å². The molecule has 0 saturated heterocycles. The third-order valence-corrected chi connectivity index (χ3v) is 3.73. The molecule has 2 heterocycles. The number of rotatable bonds is 5. The fraction of sp³-hybridized carbons (Fsp3) is 0.200. The minimum absolute atomic E-state index is 0.00643. The lowest BCUT2D eigenvalue weighted by molar-refractivity contribution is 0.0949. The molecule has 12 nitrogen and oxygen atoms in total. The van der Waals surface area contributed by atoms with Crippen LogP contribution in [-0.4, -0.2) is 49.1 Å². The van der Waals surface area contributed by atoms with Gasteiger partial charge >= 0.3 is 0 Å². The SMILES string of the molecule is COc1cc(C(C)=NNC(=O)c2nnn(-c3nonc3N)c2C)ccc1O. The van der Waals surface area contributed by atoms with Crippen molar-refractivity contribution >= 4 is 17.4 Å². The molecule has 0 aliphatic rings. The molecular weight excluding hydrogens is 356 g/mol. The topological polar surface area (TPSA) is 167 Å². The maximum atomic E-state index is 12.4. The number of hydrazone groups is 1. The normalized spacial score (nSPS) is 11.4. The number of phenolic OH excluding ortho intramolecular Hbond substituents is 1. The second kappa shape index (κ2) is 7.11. The molecule has 2 aromatic heterocycles. The van der Waals surface area contributed by atoms with Gasteiger partial charge in [0.15, 0.2) is 17.2 Å². The summed E-state index contributed by atoms with van der Waals surface area (Å²) in [6.07, 6.45) is 0. The predicted octanol–water partition coefficient (Wildman–Crippen LogP) is 0.409. The van der Waals surface area contributed by atoms with Crippen LogP contribution in [0.15, 0.2) is 27.9 Å². The number of phenols is 1. The van der Waals surface area contributed by atoms with Crippen LogP contribution in [0.3, 0.4) is 0 Å². The van der Waals surface area contributed by atoms with E-state index < -0.39 is 5.91 Å². The number of hydrogen-bond donors (Lipinski definition) is 3. The molecule has 0 unspecified atom stereocenters. The number of amides is 1. The Kier molecular flexibility index (Phi) is 4.70. The number of methoxy groups -OCH3 is 1. The molecule has 0 aliphatic carbocycles. The van der Waals surface area contributed by atoms with Gasteiger partial charge in [-0.15, -0.1) is 5.10 Å². The van der Waals surface area contributed by atoms with Crippen LogP contribution >= 0.6 is 0 Å². The molecule has 0 aliphatic heterocycles. The van der Waals surface area contributed by atoms with Gasteiger partial charge in [-0.25, -0.2) is 10.1 Å². The van der Waals surface area contributed by atoms with Gasteiger partial charge in [-0.05, 0) is 42.4 Å². The van der Waals surface area contributed by atoms with E-state index in [0.717, 1.165) is 0 Å². The first-order valence-electron chi connectivity index (χ1n) is 7.65. The quantitative estimate of drug-likeness (QED) is 0.424. The number of benzene rings is 1. The number of carbonyl (C=O) groups excluding carboxylic acids is 1. The number of ether oxygens (including phenoxy) is 1. The Morgan fingerprint density at radius 2 is 2.19 bits per heavy atom. The predicted molar refractivity (Wildman–Crippen MR) is 92.7 cm³/mol. The van der Waals surface area contributed by atoms with E-state index in [9.17, 15) is 9.90 Å². The van der Waals surface area contributed by atoms with Crippen LogP contribution in [0, 0.1) is 6.92 Å². The molecule has 1 aromatic carbocycles. The second-order valence-corrected chi connectivity index (χ2v) is 5.43. The summed E-state index contributed by atoms with van der Waals surface area (Å²) in [6, 6.07) is 4.72. The highest BCUT2D eigenvalue weighted by molar-refractivity contribution is 6.01. The van der Waals surface area contributed by atoms with Crippen molar-refractivity contribution in [1.82, 2.24) is 30.7 Å². The van der Waals surface area contributed by atoms with Crippen molar-refractivity contribution in [3.8, 4) is 17.3 Å². The minimum Gasteiger partial charge on any atom is -0.504 e. The third kappa shape index (κ3) is 3.40. The lowest BCUT2D eigenvalue weighted by Gasteiger charge is -2.06. The zero-order valence-electron chi connectivity index (χ0n) is 14.7. The highest BCUT2D eigenvalue weighted by Gasteiger charge is 2.20. The number of anilines is 1. The van der Waals surface area contributed by atoms with Gasteiger partial charge in [0.25, 0.3) is 5.91 Å². The van der Waals surface area contributed by atoms with E-state index in [1.165, 1.54) is 17.9 Å². The summed E-state index contributed by atoms with van der Waals surface area (Å²) in [4.78, 5) is 12.4. The largest absolute Gasteiger partial charge is 0.504 e. The van der Waals surface area contributed by atoms with Crippen LogP contribution in [-0.2, 0) is 0 Å². The Balaban J connectivity index is 1.79. The fourth-order valence-electron chi connectivity index (χ4n) is 2.23. The summed E-state index contributed by atoms with van der Waals surface area (Å²) in [6.45, 7) is 3.31. The molecule has 3 rings (SSSR count). The van der Waals surface area contributed by atoms with E-state index >= 15 is 0 Å². The molecule has 0 fully saturated rings. The summed E-state index contributed by atoms with van der Waals surface area (Å²) in [5.41, 5.74) is 9.60. The molecule has 1 amide bonds. The first kappa shape index (κ1) is 17.8. The zero-order valence-corrected chi connectivity index (χ0v) is 14.7. The smallest absolute Gasteiger partial charge is 0.293 e. The maximum absolute atomic E-state index is 12.4. The van der Waals surface area contributed by atoms with Crippen molar-refractivity contribution in [3.63, 3.8) is 0 Å². The van der Waals surface area contributed by atoms with Gasteiger partial charge in [-0.2, -0.15) is 9.78 Å². The summed E-state index contributed by atoms with van der Waals surface area (Å²) in [5.74, 6) is -0.114. The fourth-order valence-corrected chi connectivity index (χ4v) is 2.23. The minimum atomic E-state index is -0.570. The standard InChI is InChI=1S/C15H16N8O4/c1-7(9-4-5-10(24)11(6-9)26-3)17-19-15(25)12-8(2)23(22-18-12)14-13(16)20-27-21-14/h4-6,24H,1-3H3,(H2,16,20)(H,19,25). The Morgan fingerprint density at radius 1 is 1.41 bits per heavy atom. The van der Waals surface area contributed by atoms with E-state index in [0.29, 0.717) is 22.7 Å². The molecule has 140 valence electrons. The first-order valence-corrected chi connectivity index (χ1v) is 7.65. The lowest BCUT2D eigenvalue weighted by Crippen LogP contribution is -2.21. The van der Waals surface area contributed by atoms with Crippen LogP contribution < -0.4 is 15.9 Å². The maximum Gasteiger partial charge on any atom is 0.293 e. The number of nitrogens with zero attached hydrogens (tertiary/aromatic N) is 6. The molecule has 3 aromatic rings. The summed E-state index contributed by atoms with van der Waals surface area (Å²) < 4.78 is 10.8. The van der Waals surface area contributed by atoms with Crippen LogP contribution in [0.4, 0.5) is 5.82 Å². The first-order chi connectivity index (χ1) is 12.9.